The number of rotatable bonds is 13. The van der Waals surface area contributed by atoms with Crippen LogP contribution in [0, 0.1) is 5.41 Å². The second-order valence-corrected chi connectivity index (χ2v) is 8.65. The van der Waals surface area contributed by atoms with Gasteiger partial charge >= 0.3 is 0 Å². The molecule has 0 aromatic carbocycles. The number of nitrogens with one attached hydrogen (secondary N) is 1. The first-order valence-corrected chi connectivity index (χ1v) is 11.5. The summed E-state index contributed by atoms with van der Waals surface area (Å²) in [7, 11) is 0. The van der Waals surface area contributed by atoms with Gasteiger partial charge in [-0.25, -0.2) is 0 Å². The Hall–Kier alpha value is -2.37. The molecule has 1 amide bonds. The predicted octanol–water partition coefficient (Wildman–Crippen LogP) is 6.13. The molecule has 0 heterocycles. The van der Waals surface area contributed by atoms with Gasteiger partial charge in [-0.05, 0) is 69.6 Å². The Labute approximate surface area is 194 Å². The van der Waals surface area contributed by atoms with E-state index in [4.69, 9.17) is 14.5 Å². The fourth-order valence-electron chi connectivity index (χ4n) is 3.51. The summed E-state index contributed by atoms with van der Waals surface area (Å²) in [6.07, 6.45) is 18.8. The lowest BCUT2D eigenvalue weighted by molar-refractivity contribution is -0.254. The van der Waals surface area contributed by atoms with Gasteiger partial charge in [0, 0.05) is 19.2 Å². The average Bonchev–Trinajstić information content (AvgIpc) is 2.71. The molecule has 1 aliphatic carbocycles. The first-order valence-electron chi connectivity index (χ1n) is 11.5. The van der Waals surface area contributed by atoms with Crippen molar-refractivity contribution < 1.29 is 19.3 Å². The summed E-state index contributed by atoms with van der Waals surface area (Å²) in [6.45, 7) is 14.7. The van der Waals surface area contributed by atoms with Gasteiger partial charge in [0.25, 0.3) is 0 Å². The molecule has 0 bridgehead atoms. The molecule has 0 aliphatic heterocycles. The molecule has 5 heteroatoms. The van der Waals surface area contributed by atoms with E-state index < -0.39 is 0 Å². The molecule has 1 aliphatic rings. The topological polar surface area (TPSA) is 56.8 Å². The largest absolute Gasteiger partial charge is 0.379 e. The van der Waals surface area contributed by atoms with Crippen LogP contribution in [0.4, 0.5) is 0 Å². The molecule has 0 saturated heterocycles. The molecule has 1 rings (SSSR count). The van der Waals surface area contributed by atoms with Crippen LogP contribution < -0.4 is 5.32 Å². The van der Waals surface area contributed by atoms with Gasteiger partial charge in [-0.2, -0.15) is 4.89 Å². The second kappa shape index (κ2) is 15.4. The van der Waals surface area contributed by atoms with E-state index in [2.05, 4.69) is 51.2 Å². The smallest absolute Gasteiger partial charge is 0.244 e. The number of ether oxygens (including phenoxy) is 1. The van der Waals surface area contributed by atoms with Crippen LogP contribution in [0.1, 0.15) is 60.8 Å². The van der Waals surface area contributed by atoms with Crippen LogP contribution in [0.5, 0.6) is 0 Å². The van der Waals surface area contributed by atoms with E-state index in [0.717, 1.165) is 5.57 Å². The van der Waals surface area contributed by atoms with Gasteiger partial charge in [0.15, 0.2) is 0 Å². The molecule has 0 aromatic rings. The van der Waals surface area contributed by atoms with Gasteiger partial charge < -0.3 is 14.9 Å². The van der Waals surface area contributed by atoms with E-state index in [1.807, 2.05) is 26.0 Å². The summed E-state index contributed by atoms with van der Waals surface area (Å²) in [5, 5.41) is 2.76. The number of hydrogen-bond donors (Lipinski definition) is 1. The molecule has 0 fully saturated rings. The van der Waals surface area contributed by atoms with E-state index in [1.54, 1.807) is 12.2 Å². The Balaban J connectivity index is 2.41. The van der Waals surface area contributed by atoms with Crippen LogP contribution in [-0.4, -0.2) is 32.3 Å². The van der Waals surface area contributed by atoms with Gasteiger partial charge in [-0.1, -0.05) is 55.4 Å². The van der Waals surface area contributed by atoms with Crippen LogP contribution in [0.15, 0.2) is 71.1 Å². The molecule has 32 heavy (non-hydrogen) atoms. The lowest BCUT2D eigenvalue weighted by Gasteiger charge is -2.32. The summed E-state index contributed by atoms with van der Waals surface area (Å²) in [4.78, 5) is 21.7. The van der Waals surface area contributed by atoms with Gasteiger partial charge in [-0.15, -0.1) is 0 Å². The van der Waals surface area contributed by atoms with Crippen LogP contribution in [0.25, 0.3) is 0 Å². The van der Waals surface area contributed by atoms with Crippen molar-refractivity contribution in [2.75, 3.05) is 26.4 Å². The van der Waals surface area contributed by atoms with Crippen molar-refractivity contribution in [1.29, 1.82) is 0 Å². The molecule has 5 nitrogen and oxygen atoms in total. The first kappa shape index (κ1) is 27.7. The van der Waals surface area contributed by atoms with Crippen molar-refractivity contribution in [1.82, 2.24) is 5.32 Å². The fourth-order valence-corrected chi connectivity index (χ4v) is 3.51. The number of carbonyl (C=O) groups is 1. The van der Waals surface area contributed by atoms with Gasteiger partial charge in [0.05, 0.1) is 6.61 Å². The second-order valence-electron chi connectivity index (χ2n) is 8.65. The lowest BCUT2D eigenvalue weighted by atomic mass is 9.72. The number of amides is 1. The molecule has 0 unspecified atom stereocenters. The van der Waals surface area contributed by atoms with Gasteiger partial charge in [-0.3, -0.25) is 4.79 Å². The minimum absolute atomic E-state index is 0.156. The zero-order valence-electron chi connectivity index (χ0n) is 20.7. The Morgan fingerprint density at radius 2 is 1.94 bits per heavy atom. The molecule has 0 saturated carbocycles. The number of hydrogen-bond acceptors (Lipinski definition) is 4. The summed E-state index contributed by atoms with van der Waals surface area (Å²) in [6, 6.07) is 0. The maximum Gasteiger partial charge on any atom is 0.244 e. The van der Waals surface area contributed by atoms with Crippen molar-refractivity contribution in [2.24, 2.45) is 5.41 Å². The van der Waals surface area contributed by atoms with E-state index in [1.165, 1.54) is 42.2 Å². The summed E-state index contributed by atoms with van der Waals surface area (Å²) >= 11 is 0. The van der Waals surface area contributed by atoms with Crippen LogP contribution in [-0.2, 0) is 19.3 Å². The lowest BCUT2D eigenvalue weighted by Crippen LogP contribution is -2.21. The van der Waals surface area contributed by atoms with Gasteiger partial charge in [0.1, 0.15) is 12.9 Å². The number of allylic oxidation sites excluding steroid dienone is 9. The molecular weight excluding hydrogens is 402 g/mol. The first-order chi connectivity index (χ1) is 15.3. The highest BCUT2D eigenvalue weighted by Gasteiger charge is 2.26. The Kier molecular flexibility index (Phi) is 13.3. The van der Waals surface area contributed by atoms with Crippen molar-refractivity contribution >= 4 is 5.91 Å². The molecular formula is C27H41NO4. The molecule has 0 spiro atoms. The monoisotopic (exact) mass is 443 g/mol. The van der Waals surface area contributed by atoms with Crippen molar-refractivity contribution in [3.05, 3.63) is 71.1 Å². The molecule has 178 valence electrons. The third-order valence-electron chi connectivity index (χ3n) is 5.26. The van der Waals surface area contributed by atoms with Crippen molar-refractivity contribution in [3.8, 4) is 0 Å². The zero-order chi connectivity index (χ0) is 23.8. The van der Waals surface area contributed by atoms with Crippen molar-refractivity contribution in [3.63, 3.8) is 0 Å². The van der Waals surface area contributed by atoms with Crippen LogP contribution in [0.3, 0.4) is 0 Å². The SMILES string of the molecule is CCOCCOO/C=C\CNC(=O)/C=C(C)/C=C/C=C(C)/C=C/C1=C(C)CCCC1(C)C. The zero-order valence-corrected chi connectivity index (χ0v) is 20.7. The fraction of sp³-hybridized carbons (Fsp3) is 0.519. The average molecular weight is 444 g/mol. The quantitative estimate of drug-likeness (QED) is 0.0928. The molecule has 0 atom stereocenters. The highest BCUT2D eigenvalue weighted by molar-refractivity contribution is 5.88. The Morgan fingerprint density at radius 1 is 1.16 bits per heavy atom. The van der Waals surface area contributed by atoms with E-state index in [9.17, 15) is 4.79 Å². The van der Waals surface area contributed by atoms with Gasteiger partial charge in [0.2, 0.25) is 5.91 Å². The minimum Gasteiger partial charge on any atom is -0.379 e. The maximum absolute atomic E-state index is 12.0. The maximum atomic E-state index is 12.0. The third kappa shape index (κ3) is 11.9. The Morgan fingerprint density at radius 3 is 2.66 bits per heavy atom. The standard InChI is InChI=1S/C27H41NO4/c1-7-30-19-20-32-31-18-10-17-28-26(29)21-23(3)12-8-11-22(2)14-15-25-24(4)13-9-16-27(25,5)6/h8,10-12,14-15,18,21H,7,9,13,16-17,19-20H2,1-6H3,(H,28,29)/b12-8+,15-14+,18-10-,22-11+,23-21+. The normalized spacial score (nSPS) is 17.7. The highest BCUT2D eigenvalue weighted by Crippen LogP contribution is 2.40. The molecule has 1 N–H and O–H groups in total. The molecule has 0 radical (unpaired) electrons. The van der Waals surface area contributed by atoms with Crippen LogP contribution >= 0.6 is 0 Å². The Bertz CT molecular complexity index is 767. The van der Waals surface area contributed by atoms with E-state index >= 15 is 0 Å². The van der Waals surface area contributed by atoms with Crippen LogP contribution in [0.2, 0.25) is 0 Å². The highest BCUT2D eigenvalue weighted by atomic mass is 17.2. The molecule has 0 aromatic heterocycles. The summed E-state index contributed by atoms with van der Waals surface area (Å²) in [5.41, 5.74) is 5.26. The summed E-state index contributed by atoms with van der Waals surface area (Å²) in [5.74, 6) is -0.156. The summed E-state index contributed by atoms with van der Waals surface area (Å²) < 4.78 is 5.11. The third-order valence-corrected chi connectivity index (χ3v) is 5.26. The van der Waals surface area contributed by atoms with E-state index in [-0.39, 0.29) is 11.3 Å². The van der Waals surface area contributed by atoms with E-state index in [0.29, 0.717) is 26.4 Å². The number of carbonyl (C=O) groups excluding carboxylic acids is 1. The van der Waals surface area contributed by atoms with Crippen molar-refractivity contribution in [2.45, 2.75) is 60.8 Å². The predicted molar refractivity (Wildman–Crippen MR) is 132 cm³/mol. The minimum atomic E-state index is -0.156.